The van der Waals surface area contributed by atoms with Crippen LogP contribution in [0.4, 0.5) is 4.79 Å². The molecule has 0 aromatic heterocycles. The van der Waals surface area contributed by atoms with Gasteiger partial charge in [0.1, 0.15) is 0 Å². The Morgan fingerprint density at radius 1 is 1.07 bits per heavy atom. The molecule has 2 rings (SSSR count). The second-order valence-corrected chi connectivity index (χ2v) is 5.90. The fourth-order valence-corrected chi connectivity index (χ4v) is 2.30. The van der Waals surface area contributed by atoms with Crippen LogP contribution in [0, 0.1) is 0 Å². The molecule has 0 saturated heterocycles. The largest absolute Gasteiger partial charge is 0.444 e. The lowest BCUT2D eigenvalue weighted by Crippen LogP contribution is -2.42. The quantitative estimate of drug-likeness (QED) is 0.588. The lowest BCUT2D eigenvalue weighted by atomic mass is 10.1. The van der Waals surface area contributed by atoms with Gasteiger partial charge in [0, 0.05) is 23.2 Å². The van der Waals surface area contributed by atoms with Crippen molar-refractivity contribution in [3.8, 4) is 0 Å². The molecule has 6 nitrogen and oxygen atoms in total. The molecule has 0 aliphatic heterocycles. The molecule has 0 radical (unpaired) electrons. The van der Waals surface area contributed by atoms with Gasteiger partial charge in [0.2, 0.25) is 6.10 Å². The first-order valence-corrected chi connectivity index (χ1v) is 8.65. The number of esters is 1. The van der Waals surface area contributed by atoms with E-state index in [-0.39, 0.29) is 0 Å². The number of hydrogen-bond donors (Lipinski definition) is 2. The van der Waals surface area contributed by atoms with Crippen LogP contribution in [0.15, 0.2) is 60.7 Å². The molecule has 0 aliphatic carbocycles. The average Bonchev–Trinajstić information content (AvgIpc) is 2.66. The van der Waals surface area contributed by atoms with E-state index in [1.54, 1.807) is 67.6 Å². The molecule has 0 fully saturated rings. The van der Waals surface area contributed by atoms with Crippen molar-refractivity contribution in [3.05, 3.63) is 76.8 Å². The van der Waals surface area contributed by atoms with Crippen molar-refractivity contribution in [2.45, 2.75) is 13.0 Å². The number of carbonyl (C=O) groups is 3. The number of imide groups is 1. The zero-order valence-corrected chi connectivity index (χ0v) is 15.4. The van der Waals surface area contributed by atoms with Crippen LogP contribution in [-0.4, -0.2) is 24.5 Å². The van der Waals surface area contributed by atoms with Crippen LogP contribution in [-0.2, 0) is 14.3 Å². The van der Waals surface area contributed by atoms with Gasteiger partial charge in [-0.2, -0.15) is 0 Å². The molecule has 0 aliphatic rings. The second-order valence-electron chi connectivity index (χ2n) is 5.46. The number of benzene rings is 2. The Morgan fingerprint density at radius 3 is 2.37 bits per heavy atom. The summed E-state index contributed by atoms with van der Waals surface area (Å²) in [5.41, 5.74) is 1.20. The molecule has 140 valence electrons. The van der Waals surface area contributed by atoms with Gasteiger partial charge < -0.3 is 10.1 Å². The van der Waals surface area contributed by atoms with Crippen molar-refractivity contribution in [3.63, 3.8) is 0 Å². The van der Waals surface area contributed by atoms with Gasteiger partial charge >= 0.3 is 12.0 Å². The van der Waals surface area contributed by atoms with Crippen LogP contribution in [0.25, 0.3) is 6.08 Å². The molecule has 2 aromatic carbocycles. The number of amides is 3. The molecule has 1 atom stereocenters. The minimum Gasteiger partial charge on any atom is -0.444 e. The first kappa shape index (κ1) is 20.2. The summed E-state index contributed by atoms with van der Waals surface area (Å²) in [6, 6.07) is 14.7. The third-order valence-electron chi connectivity index (χ3n) is 3.43. The van der Waals surface area contributed by atoms with Crippen LogP contribution in [0.1, 0.15) is 24.2 Å². The van der Waals surface area contributed by atoms with Crippen LogP contribution in [0.2, 0.25) is 5.02 Å². The summed E-state index contributed by atoms with van der Waals surface area (Å²) >= 11 is 5.82. The topological polar surface area (TPSA) is 84.5 Å². The van der Waals surface area contributed by atoms with E-state index in [0.717, 1.165) is 5.56 Å². The SMILES string of the molecule is CCNC(=O)NC(=O)[C@@H](OC(=O)/C=C/c1ccc(Cl)cc1)c1ccccc1. The molecule has 7 heteroatoms. The van der Waals surface area contributed by atoms with Crippen molar-refractivity contribution < 1.29 is 19.1 Å². The van der Waals surface area contributed by atoms with Crippen molar-refractivity contribution >= 4 is 35.6 Å². The van der Waals surface area contributed by atoms with Gasteiger partial charge in [-0.3, -0.25) is 10.1 Å². The zero-order chi connectivity index (χ0) is 19.6. The highest BCUT2D eigenvalue weighted by atomic mass is 35.5. The molecular formula is C20H19ClN2O4. The fraction of sp³-hybridized carbons (Fsp3) is 0.150. The highest BCUT2D eigenvalue weighted by molar-refractivity contribution is 6.30. The minimum atomic E-state index is -1.25. The summed E-state index contributed by atoms with van der Waals surface area (Å²) < 4.78 is 5.28. The number of nitrogens with one attached hydrogen (secondary N) is 2. The van der Waals surface area contributed by atoms with Gasteiger partial charge in [-0.05, 0) is 30.7 Å². The maximum Gasteiger partial charge on any atom is 0.331 e. The molecular weight excluding hydrogens is 368 g/mol. The Bertz CT molecular complexity index is 820. The normalized spacial score (nSPS) is 11.6. The molecule has 0 bridgehead atoms. The molecule has 0 unspecified atom stereocenters. The lowest BCUT2D eigenvalue weighted by molar-refractivity contribution is -0.151. The Hall–Kier alpha value is -3.12. The van der Waals surface area contributed by atoms with Crippen LogP contribution in [0.5, 0.6) is 0 Å². The van der Waals surface area contributed by atoms with E-state index < -0.39 is 24.0 Å². The molecule has 3 amide bonds. The molecule has 0 saturated carbocycles. The maximum atomic E-state index is 12.4. The van der Waals surface area contributed by atoms with Crippen molar-refractivity contribution in [1.82, 2.24) is 10.6 Å². The standard InChI is InChI=1S/C20H19ClN2O4/c1-2-22-20(26)23-19(25)18(15-6-4-3-5-7-15)27-17(24)13-10-14-8-11-16(21)12-9-14/h3-13,18H,2H2,1H3,(H2,22,23,25,26)/b13-10+/t18-/m0/s1. The summed E-state index contributed by atoms with van der Waals surface area (Å²) in [5, 5.41) is 5.20. The van der Waals surface area contributed by atoms with Crippen LogP contribution < -0.4 is 10.6 Å². The minimum absolute atomic E-state index is 0.360. The van der Waals surface area contributed by atoms with E-state index in [9.17, 15) is 14.4 Å². The van der Waals surface area contributed by atoms with Crippen LogP contribution >= 0.6 is 11.6 Å². The third-order valence-corrected chi connectivity index (χ3v) is 3.68. The van der Waals surface area contributed by atoms with E-state index in [1.165, 1.54) is 6.08 Å². The Balaban J connectivity index is 2.11. The summed E-state index contributed by atoms with van der Waals surface area (Å²) in [5.74, 6) is -1.45. The summed E-state index contributed by atoms with van der Waals surface area (Å²) in [4.78, 5) is 36.2. The smallest absolute Gasteiger partial charge is 0.331 e. The first-order valence-electron chi connectivity index (χ1n) is 8.27. The van der Waals surface area contributed by atoms with Crippen LogP contribution in [0.3, 0.4) is 0 Å². The molecule has 0 spiro atoms. The predicted octanol–water partition coefficient (Wildman–Crippen LogP) is 3.48. The highest BCUT2D eigenvalue weighted by Gasteiger charge is 2.25. The van der Waals surface area contributed by atoms with Gasteiger partial charge in [-0.15, -0.1) is 0 Å². The highest BCUT2D eigenvalue weighted by Crippen LogP contribution is 2.18. The van der Waals surface area contributed by atoms with Gasteiger partial charge in [-0.25, -0.2) is 9.59 Å². The van der Waals surface area contributed by atoms with E-state index in [2.05, 4.69) is 10.6 Å². The molecule has 27 heavy (non-hydrogen) atoms. The Morgan fingerprint density at radius 2 is 1.74 bits per heavy atom. The number of hydrogen-bond acceptors (Lipinski definition) is 4. The summed E-state index contributed by atoms with van der Waals surface area (Å²) in [6.45, 7) is 2.08. The average molecular weight is 387 g/mol. The fourth-order valence-electron chi connectivity index (χ4n) is 2.18. The number of urea groups is 1. The summed E-state index contributed by atoms with van der Waals surface area (Å²) in [7, 11) is 0. The molecule has 2 aromatic rings. The van der Waals surface area contributed by atoms with E-state index in [0.29, 0.717) is 17.1 Å². The van der Waals surface area contributed by atoms with Gasteiger partial charge in [0.05, 0.1) is 0 Å². The summed E-state index contributed by atoms with van der Waals surface area (Å²) in [6.07, 6.45) is 1.50. The first-order chi connectivity index (χ1) is 13.0. The molecule has 0 heterocycles. The van der Waals surface area contributed by atoms with Gasteiger partial charge in [-0.1, -0.05) is 54.1 Å². The van der Waals surface area contributed by atoms with Crippen molar-refractivity contribution in [2.75, 3.05) is 6.54 Å². The van der Waals surface area contributed by atoms with Crippen molar-refractivity contribution in [1.29, 1.82) is 0 Å². The Kier molecular flexibility index (Phi) is 7.58. The van der Waals surface area contributed by atoms with Crippen molar-refractivity contribution in [2.24, 2.45) is 0 Å². The monoisotopic (exact) mass is 386 g/mol. The predicted molar refractivity (Wildman–Crippen MR) is 103 cm³/mol. The second kappa shape index (κ2) is 10.1. The molecule has 2 N–H and O–H groups in total. The number of halogens is 1. The Labute approximate surface area is 162 Å². The third kappa shape index (κ3) is 6.60. The number of carbonyl (C=O) groups excluding carboxylic acids is 3. The van der Waals surface area contributed by atoms with E-state index in [1.807, 2.05) is 0 Å². The van der Waals surface area contributed by atoms with E-state index in [4.69, 9.17) is 16.3 Å². The van der Waals surface area contributed by atoms with Gasteiger partial charge in [0.15, 0.2) is 0 Å². The lowest BCUT2D eigenvalue weighted by Gasteiger charge is -2.16. The zero-order valence-electron chi connectivity index (χ0n) is 14.6. The number of ether oxygens (including phenoxy) is 1. The van der Waals surface area contributed by atoms with Gasteiger partial charge in [0.25, 0.3) is 5.91 Å². The number of rotatable bonds is 6. The van der Waals surface area contributed by atoms with E-state index >= 15 is 0 Å². The maximum absolute atomic E-state index is 12.4.